The zero-order valence-corrected chi connectivity index (χ0v) is 13.1. The van der Waals surface area contributed by atoms with Crippen molar-refractivity contribution in [2.24, 2.45) is 5.92 Å². The molecule has 0 amide bonds. The van der Waals surface area contributed by atoms with Gasteiger partial charge in [0.05, 0.1) is 5.75 Å². The molecule has 0 unspecified atom stereocenters. The van der Waals surface area contributed by atoms with Gasteiger partial charge in [0.15, 0.2) is 0 Å². The molecule has 0 spiro atoms. The smallest absolute Gasteiger partial charge is 0.147 e. The molecule has 0 N–H and O–H groups in total. The molecule has 0 bridgehead atoms. The highest BCUT2D eigenvalue weighted by Crippen LogP contribution is 2.18. The van der Waals surface area contributed by atoms with Crippen molar-refractivity contribution in [3.8, 4) is 0 Å². The molecule has 1 aliphatic rings. The highest BCUT2D eigenvalue weighted by molar-refractivity contribution is 7.90. The van der Waals surface area contributed by atoms with E-state index in [0.717, 1.165) is 45.3 Å². The van der Waals surface area contributed by atoms with Crippen LogP contribution in [0.15, 0.2) is 30.3 Å². The summed E-state index contributed by atoms with van der Waals surface area (Å²) in [4.78, 5) is 2.43. The summed E-state index contributed by atoms with van der Waals surface area (Å²) in [5, 5.41) is 0. The molecule has 4 heteroatoms. The summed E-state index contributed by atoms with van der Waals surface area (Å²) in [5.41, 5.74) is 1.39. The lowest BCUT2D eigenvalue weighted by Crippen LogP contribution is -2.38. The maximum atomic E-state index is 11.4. The molecule has 1 saturated heterocycles. The maximum Gasteiger partial charge on any atom is 0.147 e. The standard InChI is InChI=1S/C16H25NO2S/c1-20(18,19)14-16-10-6-12-17(13-16)11-5-9-15-7-3-2-4-8-15/h2-4,7-8,16H,5-6,9-14H2,1H3/t16-/m0/s1. The van der Waals surface area contributed by atoms with E-state index >= 15 is 0 Å². The SMILES string of the molecule is CS(=O)(=O)C[C@H]1CCCN(CCCc2ccccc2)C1. The van der Waals surface area contributed by atoms with Gasteiger partial charge in [0, 0.05) is 12.8 Å². The average molecular weight is 295 g/mol. The number of rotatable bonds is 6. The van der Waals surface area contributed by atoms with E-state index in [1.165, 1.54) is 11.8 Å². The van der Waals surface area contributed by atoms with Gasteiger partial charge in [0.25, 0.3) is 0 Å². The zero-order valence-electron chi connectivity index (χ0n) is 12.3. The first-order valence-electron chi connectivity index (χ1n) is 7.47. The monoisotopic (exact) mass is 295 g/mol. The lowest BCUT2D eigenvalue weighted by atomic mass is 9.99. The maximum absolute atomic E-state index is 11.4. The first-order valence-corrected chi connectivity index (χ1v) is 9.53. The van der Waals surface area contributed by atoms with Crippen LogP contribution in [0, 0.1) is 5.92 Å². The van der Waals surface area contributed by atoms with E-state index in [9.17, 15) is 8.42 Å². The Bertz CT molecular complexity index is 498. The second kappa shape index (κ2) is 7.23. The number of benzene rings is 1. The van der Waals surface area contributed by atoms with E-state index in [4.69, 9.17) is 0 Å². The Morgan fingerprint density at radius 2 is 2.00 bits per heavy atom. The molecule has 0 aliphatic carbocycles. The molecule has 1 aromatic rings. The van der Waals surface area contributed by atoms with Crippen molar-refractivity contribution in [2.45, 2.75) is 25.7 Å². The number of piperidine rings is 1. The molecule has 3 nitrogen and oxygen atoms in total. The number of hydrogen-bond donors (Lipinski definition) is 0. The van der Waals surface area contributed by atoms with E-state index in [1.54, 1.807) is 0 Å². The van der Waals surface area contributed by atoms with Crippen molar-refractivity contribution in [2.75, 3.05) is 31.6 Å². The Morgan fingerprint density at radius 1 is 1.25 bits per heavy atom. The Morgan fingerprint density at radius 3 is 2.70 bits per heavy atom. The van der Waals surface area contributed by atoms with Crippen LogP contribution in [0.4, 0.5) is 0 Å². The van der Waals surface area contributed by atoms with Crippen molar-refractivity contribution in [1.29, 1.82) is 0 Å². The summed E-state index contributed by atoms with van der Waals surface area (Å²) in [6.45, 7) is 3.14. The molecule has 0 aromatic heterocycles. The quantitative estimate of drug-likeness (QED) is 0.808. The van der Waals surface area contributed by atoms with Gasteiger partial charge in [-0.1, -0.05) is 30.3 Å². The minimum absolute atomic E-state index is 0.329. The largest absolute Gasteiger partial charge is 0.303 e. The van der Waals surface area contributed by atoms with E-state index in [0.29, 0.717) is 11.7 Å². The highest BCUT2D eigenvalue weighted by atomic mass is 32.2. The summed E-state index contributed by atoms with van der Waals surface area (Å²) >= 11 is 0. The summed E-state index contributed by atoms with van der Waals surface area (Å²) in [5.74, 6) is 0.679. The van der Waals surface area contributed by atoms with Crippen LogP contribution in [0.3, 0.4) is 0 Å². The summed E-state index contributed by atoms with van der Waals surface area (Å²) in [6, 6.07) is 10.5. The fourth-order valence-electron chi connectivity index (χ4n) is 3.07. The van der Waals surface area contributed by atoms with Crippen LogP contribution in [-0.4, -0.2) is 45.0 Å². The lowest BCUT2D eigenvalue weighted by Gasteiger charge is -2.32. The third-order valence-electron chi connectivity index (χ3n) is 3.92. The van der Waals surface area contributed by atoms with Crippen LogP contribution in [0.5, 0.6) is 0 Å². The number of hydrogen-bond acceptors (Lipinski definition) is 3. The van der Waals surface area contributed by atoms with Crippen molar-refractivity contribution in [3.63, 3.8) is 0 Å². The normalized spacial score (nSPS) is 20.9. The summed E-state index contributed by atoms with van der Waals surface area (Å²) < 4.78 is 22.8. The minimum atomic E-state index is -2.84. The second-order valence-corrected chi connectivity index (χ2v) is 8.18. The zero-order chi connectivity index (χ0) is 14.4. The molecule has 1 atom stereocenters. The van der Waals surface area contributed by atoms with Gasteiger partial charge in [-0.15, -0.1) is 0 Å². The van der Waals surface area contributed by atoms with Gasteiger partial charge >= 0.3 is 0 Å². The topological polar surface area (TPSA) is 37.4 Å². The van der Waals surface area contributed by atoms with Crippen LogP contribution in [0.25, 0.3) is 0 Å². The second-order valence-electron chi connectivity index (χ2n) is 5.99. The third kappa shape index (κ3) is 5.63. The van der Waals surface area contributed by atoms with Crippen LogP contribution in [-0.2, 0) is 16.3 Å². The van der Waals surface area contributed by atoms with Crippen molar-refractivity contribution in [1.82, 2.24) is 4.90 Å². The number of sulfone groups is 1. The first-order chi connectivity index (χ1) is 9.53. The number of likely N-dealkylation sites (tertiary alicyclic amines) is 1. The Balaban J connectivity index is 1.73. The average Bonchev–Trinajstić information content (AvgIpc) is 2.38. The molecular formula is C16H25NO2S. The molecule has 2 rings (SSSR count). The fraction of sp³-hybridized carbons (Fsp3) is 0.625. The van der Waals surface area contributed by atoms with E-state index in [1.807, 2.05) is 6.07 Å². The van der Waals surface area contributed by atoms with Crippen LogP contribution in [0.1, 0.15) is 24.8 Å². The Hall–Kier alpha value is -0.870. The molecule has 1 aliphatic heterocycles. The van der Waals surface area contributed by atoms with Gasteiger partial charge in [-0.05, 0) is 50.3 Å². The molecule has 0 radical (unpaired) electrons. The van der Waals surface area contributed by atoms with Crippen molar-refractivity contribution >= 4 is 9.84 Å². The summed E-state index contributed by atoms with van der Waals surface area (Å²) in [6.07, 6.45) is 5.79. The highest BCUT2D eigenvalue weighted by Gasteiger charge is 2.22. The van der Waals surface area contributed by atoms with Crippen LogP contribution in [0.2, 0.25) is 0 Å². The van der Waals surface area contributed by atoms with Gasteiger partial charge in [-0.2, -0.15) is 0 Å². The predicted molar refractivity (Wildman–Crippen MR) is 83.6 cm³/mol. The third-order valence-corrected chi connectivity index (χ3v) is 5.00. The number of nitrogens with zero attached hydrogens (tertiary/aromatic N) is 1. The van der Waals surface area contributed by atoms with Crippen LogP contribution >= 0.6 is 0 Å². The molecule has 1 heterocycles. The molecule has 20 heavy (non-hydrogen) atoms. The Kier molecular flexibility index (Phi) is 5.61. The Labute approximate surface area is 122 Å². The van der Waals surface area contributed by atoms with E-state index in [-0.39, 0.29) is 0 Å². The molecular weight excluding hydrogens is 270 g/mol. The van der Waals surface area contributed by atoms with Crippen molar-refractivity contribution in [3.05, 3.63) is 35.9 Å². The molecule has 0 saturated carbocycles. The van der Waals surface area contributed by atoms with Gasteiger partial charge < -0.3 is 4.90 Å². The lowest BCUT2D eigenvalue weighted by molar-refractivity contribution is 0.183. The molecule has 1 fully saturated rings. The van der Waals surface area contributed by atoms with Crippen molar-refractivity contribution < 1.29 is 8.42 Å². The van der Waals surface area contributed by atoms with E-state index < -0.39 is 9.84 Å². The van der Waals surface area contributed by atoms with E-state index in [2.05, 4.69) is 29.2 Å². The van der Waals surface area contributed by atoms with Gasteiger partial charge in [-0.3, -0.25) is 0 Å². The molecule has 1 aromatic carbocycles. The first kappa shape index (κ1) is 15.5. The van der Waals surface area contributed by atoms with Crippen LogP contribution < -0.4 is 0 Å². The molecule has 112 valence electrons. The van der Waals surface area contributed by atoms with Gasteiger partial charge in [0.2, 0.25) is 0 Å². The fourth-order valence-corrected chi connectivity index (χ4v) is 4.20. The predicted octanol–water partition coefficient (Wildman–Crippen LogP) is 2.38. The number of aryl methyl sites for hydroxylation is 1. The minimum Gasteiger partial charge on any atom is -0.303 e. The summed E-state index contributed by atoms with van der Waals surface area (Å²) in [7, 11) is -2.84. The van der Waals surface area contributed by atoms with Gasteiger partial charge in [0.1, 0.15) is 9.84 Å². The van der Waals surface area contributed by atoms with Gasteiger partial charge in [-0.25, -0.2) is 8.42 Å².